The standard InChI is InChI=1S/C17H19NO/c1-4-18(5-2)14-10-7-11-15-16(14)13-9-6-8-12(3)17(13)19-15/h6-11H,4-5H2,1-3H3. The number of rotatable bonds is 3. The van der Waals surface area contributed by atoms with Crippen molar-refractivity contribution in [3.05, 3.63) is 42.0 Å². The van der Waals surface area contributed by atoms with Gasteiger partial charge < -0.3 is 9.32 Å². The summed E-state index contributed by atoms with van der Waals surface area (Å²) in [6.07, 6.45) is 0. The highest BCUT2D eigenvalue weighted by molar-refractivity contribution is 6.12. The number of anilines is 1. The molecular weight excluding hydrogens is 234 g/mol. The van der Waals surface area contributed by atoms with E-state index in [1.807, 2.05) is 0 Å². The molecule has 98 valence electrons. The van der Waals surface area contributed by atoms with Crippen molar-refractivity contribution in [2.45, 2.75) is 20.8 Å². The number of nitrogens with zero attached hydrogens (tertiary/aromatic N) is 1. The van der Waals surface area contributed by atoms with Crippen LogP contribution in [0.4, 0.5) is 5.69 Å². The Morgan fingerprint density at radius 2 is 1.74 bits per heavy atom. The average molecular weight is 253 g/mol. The molecule has 0 aliphatic rings. The highest BCUT2D eigenvalue weighted by Gasteiger charge is 2.14. The molecule has 0 N–H and O–H groups in total. The summed E-state index contributed by atoms with van der Waals surface area (Å²) in [5.74, 6) is 0. The summed E-state index contributed by atoms with van der Waals surface area (Å²) in [7, 11) is 0. The van der Waals surface area contributed by atoms with Gasteiger partial charge in [-0.25, -0.2) is 0 Å². The van der Waals surface area contributed by atoms with Crippen LogP contribution in [-0.4, -0.2) is 13.1 Å². The SMILES string of the molecule is CCN(CC)c1cccc2oc3c(C)cccc3c12. The van der Waals surface area contributed by atoms with Crippen molar-refractivity contribution < 1.29 is 4.42 Å². The number of para-hydroxylation sites is 1. The highest BCUT2D eigenvalue weighted by atomic mass is 16.3. The zero-order valence-corrected chi connectivity index (χ0v) is 11.7. The Kier molecular flexibility index (Phi) is 2.94. The van der Waals surface area contributed by atoms with Gasteiger partial charge in [0.2, 0.25) is 0 Å². The summed E-state index contributed by atoms with van der Waals surface area (Å²) in [6.45, 7) is 8.50. The van der Waals surface area contributed by atoms with Gasteiger partial charge in [0.05, 0.1) is 5.39 Å². The second-order valence-electron chi connectivity index (χ2n) is 4.88. The maximum atomic E-state index is 6.04. The van der Waals surface area contributed by atoms with Crippen molar-refractivity contribution in [1.29, 1.82) is 0 Å². The van der Waals surface area contributed by atoms with Gasteiger partial charge in [-0.15, -0.1) is 0 Å². The van der Waals surface area contributed by atoms with Gasteiger partial charge >= 0.3 is 0 Å². The number of fused-ring (bicyclic) bond motifs is 3. The van der Waals surface area contributed by atoms with Gasteiger partial charge in [-0.05, 0) is 38.5 Å². The van der Waals surface area contributed by atoms with Crippen LogP contribution in [0.25, 0.3) is 21.9 Å². The maximum absolute atomic E-state index is 6.04. The molecule has 19 heavy (non-hydrogen) atoms. The minimum Gasteiger partial charge on any atom is -0.456 e. The minimum atomic E-state index is 0.980. The van der Waals surface area contributed by atoms with Crippen molar-refractivity contribution in [3.63, 3.8) is 0 Å². The lowest BCUT2D eigenvalue weighted by Gasteiger charge is -2.21. The summed E-state index contributed by atoms with van der Waals surface area (Å²) in [4.78, 5) is 2.37. The van der Waals surface area contributed by atoms with Crippen LogP contribution in [0.2, 0.25) is 0 Å². The number of hydrogen-bond acceptors (Lipinski definition) is 2. The third-order valence-corrected chi connectivity index (χ3v) is 3.80. The van der Waals surface area contributed by atoms with E-state index in [1.54, 1.807) is 0 Å². The third kappa shape index (κ3) is 1.79. The van der Waals surface area contributed by atoms with Gasteiger partial charge in [0.1, 0.15) is 11.2 Å². The molecule has 0 bridgehead atoms. The molecule has 3 aromatic rings. The van der Waals surface area contributed by atoms with E-state index in [-0.39, 0.29) is 0 Å². The lowest BCUT2D eigenvalue weighted by molar-refractivity contribution is 0.665. The van der Waals surface area contributed by atoms with Crippen LogP contribution < -0.4 is 4.90 Å². The number of hydrogen-bond donors (Lipinski definition) is 0. The van der Waals surface area contributed by atoms with Crippen molar-refractivity contribution in [1.82, 2.24) is 0 Å². The van der Waals surface area contributed by atoms with Gasteiger partial charge in [0, 0.05) is 24.2 Å². The van der Waals surface area contributed by atoms with E-state index in [1.165, 1.54) is 22.0 Å². The number of aryl methyl sites for hydroxylation is 1. The number of furan rings is 1. The van der Waals surface area contributed by atoms with Gasteiger partial charge in [0.25, 0.3) is 0 Å². The predicted molar refractivity (Wildman–Crippen MR) is 82.0 cm³/mol. The lowest BCUT2D eigenvalue weighted by Crippen LogP contribution is -2.21. The summed E-state index contributed by atoms with van der Waals surface area (Å²) < 4.78 is 6.04. The zero-order chi connectivity index (χ0) is 13.4. The second kappa shape index (κ2) is 4.61. The Bertz CT molecular complexity index is 723. The molecule has 3 rings (SSSR count). The van der Waals surface area contributed by atoms with Gasteiger partial charge in [-0.3, -0.25) is 0 Å². The largest absolute Gasteiger partial charge is 0.456 e. The first-order valence-electron chi connectivity index (χ1n) is 6.92. The van der Waals surface area contributed by atoms with Crippen LogP contribution in [0.5, 0.6) is 0 Å². The van der Waals surface area contributed by atoms with E-state index in [4.69, 9.17) is 4.42 Å². The van der Waals surface area contributed by atoms with Gasteiger partial charge in [-0.2, -0.15) is 0 Å². The van der Waals surface area contributed by atoms with Crippen LogP contribution in [0, 0.1) is 6.92 Å². The molecule has 1 aromatic heterocycles. The van der Waals surface area contributed by atoms with E-state index in [2.05, 4.69) is 62.1 Å². The molecule has 2 aromatic carbocycles. The maximum Gasteiger partial charge on any atom is 0.138 e. The third-order valence-electron chi connectivity index (χ3n) is 3.80. The molecule has 0 amide bonds. The van der Waals surface area contributed by atoms with Gasteiger partial charge in [-0.1, -0.05) is 24.3 Å². The first-order chi connectivity index (χ1) is 9.26. The van der Waals surface area contributed by atoms with E-state index in [9.17, 15) is 0 Å². The molecular formula is C17H19NO. The molecule has 0 aliphatic heterocycles. The Morgan fingerprint density at radius 3 is 2.47 bits per heavy atom. The van der Waals surface area contributed by atoms with Crippen molar-refractivity contribution in [2.75, 3.05) is 18.0 Å². The van der Waals surface area contributed by atoms with E-state index in [0.717, 1.165) is 24.3 Å². The molecule has 0 saturated carbocycles. The van der Waals surface area contributed by atoms with Crippen LogP contribution in [0.1, 0.15) is 19.4 Å². The monoisotopic (exact) mass is 253 g/mol. The molecule has 0 unspecified atom stereocenters. The van der Waals surface area contributed by atoms with Crippen molar-refractivity contribution >= 4 is 27.6 Å². The predicted octanol–water partition coefficient (Wildman–Crippen LogP) is 4.74. The molecule has 1 heterocycles. The second-order valence-corrected chi connectivity index (χ2v) is 4.88. The lowest BCUT2D eigenvalue weighted by atomic mass is 10.1. The summed E-state index contributed by atoms with van der Waals surface area (Å²) in [5.41, 5.74) is 4.46. The summed E-state index contributed by atoms with van der Waals surface area (Å²) >= 11 is 0. The molecule has 0 aliphatic carbocycles. The van der Waals surface area contributed by atoms with E-state index in [0.29, 0.717) is 0 Å². The summed E-state index contributed by atoms with van der Waals surface area (Å²) in [6, 6.07) is 12.7. The highest BCUT2D eigenvalue weighted by Crippen LogP contribution is 2.36. The first-order valence-corrected chi connectivity index (χ1v) is 6.92. The van der Waals surface area contributed by atoms with E-state index < -0.39 is 0 Å². The number of benzene rings is 2. The molecule has 2 heteroatoms. The van der Waals surface area contributed by atoms with Gasteiger partial charge in [0.15, 0.2) is 0 Å². The summed E-state index contributed by atoms with van der Waals surface area (Å²) in [5, 5.41) is 2.46. The average Bonchev–Trinajstić information content (AvgIpc) is 2.81. The quantitative estimate of drug-likeness (QED) is 0.670. The van der Waals surface area contributed by atoms with Crippen LogP contribution in [0.15, 0.2) is 40.8 Å². The first kappa shape index (κ1) is 12.1. The Morgan fingerprint density at radius 1 is 1.00 bits per heavy atom. The van der Waals surface area contributed by atoms with Crippen LogP contribution in [-0.2, 0) is 0 Å². The molecule has 0 atom stereocenters. The van der Waals surface area contributed by atoms with Crippen molar-refractivity contribution in [3.8, 4) is 0 Å². The molecule has 0 fully saturated rings. The Balaban J connectivity index is 2.40. The van der Waals surface area contributed by atoms with Crippen LogP contribution in [0.3, 0.4) is 0 Å². The molecule has 2 nitrogen and oxygen atoms in total. The topological polar surface area (TPSA) is 16.4 Å². The fourth-order valence-corrected chi connectivity index (χ4v) is 2.80. The van der Waals surface area contributed by atoms with Crippen molar-refractivity contribution in [2.24, 2.45) is 0 Å². The Hall–Kier alpha value is -1.96. The minimum absolute atomic E-state index is 0.980. The normalized spacial score (nSPS) is 11.3. The fourth-order valence-electron chi connectivity index (χ4n) is 2.80. The smallest absolute Gasteiger partial charge is 0.138 e. The fraction of sp³-hybridized carbons (Fsp3) is 0.294. The molecule has 0 spiro atoms. The van der Waals surface area contributed by atoms with E-state index >= 15 is 0 Å². The Labute approximate surface area is 113 Å². The molecule has 0 radical (unpaired) electrons. The molecule has 0 saturated heterocycles. The van der Waals surface area contributed by atoms with Crippen LogP contribution >= 0.6 is 0 Å². The zero-order valence-electron chi connectivity index (χ0n) is 11.7.